The van der Waals surface area contributed by atoms with Crippen molar-refractivity contribution in [2.24, 2.45) is 0 Å². The fraction of sp³-hybridized carbons (Fsp3) is 0.200. The van der Waals surface area contributed by atoms with Crippen LogP contribution in [0.15, 0.2) is 23.1 Å². The summed E-state index contributed by atoms with van der Waals surface area (Å²) in [5, 5.41) is 0.752. The Morgan fingerprint density at radius 2 is 2.27 bits per heavy atom. The molecule has 1 N–H and O–H groups in total. The molecule has 0 unspecified atom stereocenters. The molecule has 0 aliphatic rings. The number of nitrogens with one attached hydrogen (secondary N) is 1. The summed E-state index contributed by atoms with van der Waals surface area (Å²) in [6, 6.07) is 3.06. The van der Waals surface area contributed by atoms with Crippen LogP contribution in [-0.2, 0) is 11.2 Å². The Morgan fingerprint density at radius 1 is 1.47 bits per heavy atom. The minimum absolute atomic E-state index is 0.00683. The van der Waals surface area contributed by atoms with Crippen molar-refractivity contribution in [2.45, 2.75) is 13.3 Å². The Hall–Kier alpha value is -2.04. The molecule has 2 aromatic rings. The molecule has 2 heterocycles. The van der Waals surface area contributed by atoms with Crippen LogP contribution in [0, 0.1) is 0 Å². The number of Topliss-reactive ketones (excluding diaryl/α,β-unsaturated/α-hetero) is 1. The highest BCUT2D eigenvalue weighted by Gasteiger charge is 2.03. The van der Waals surface area contributed by atoms with Gasteiger partial charge in [0.15, 0.2) is 0 Å². The molecule has 0 aliphatic carbocycles. The molecular formula is C10H9N3O2. The van der Waals surface area contributed by atoms with E-state index in [9.17, 15) is 9.59 Å². The number of aromatic nitrogens is 3. The van der Waals surface area contributed by atoms with Gasteiger partial charge in [0.2, 0.25) is 5.56 Å². The number of carbonyl (C=O) groups is 1. The topological polar surface area (TPSA) is 75.7 Å². The molecular weight excluding hydrogens is 194 g/mol. The molecule has 0 aromatic carbocycles. The summed E-state index contributed by atoms with van der Waals surface area (Å²) in [7, 11) is 0. The number of rotatable bonds is 2. The number of ketones is 1. The van der Waals surface area contributed by atoms with Gasteiger partial charge in [0.25, 0.3) is 0 Å². The second-order valence-electron chi connectivity index (χ2n) is 3.29. The Balaban J connectivity index is 2.54. The molecule has 0 aliphatic heterocycles. The van der Waals surface area contributed by atoms with Crippen molar-refractivity contribution in [1.29, 1.82) is 0 Å². The minimum atomic E-state index is -0.213. The Bertz CT molecular complexity index is 574. The maximum absolute atomic E-state index is 11.0. The van der Waals surface area contributed by atoms with E-state index in [-0.39, 0.29) is 17.8 Å². The number of H-pyrrole nitrogens is 1. The maximum Gasteiger partial charge on any atom is 0.249 e. The van der Waals surface area contributed by atoms with Crippen LogP contribution in [0.25, 0.3) is 11.0 Å². The van der Waals surface area contributed by atoms with Gasteiger partial charge in [-0.15, -0.1) is 0 Å². The second kappa shape index (κ2) is 3.61. The molecule has 0 saturated carbocycles. The smallest absolute Gasteiger partial charge is 0.249 e. The van der Waals surface area contributed by atoms with Gasteiger partial charge in [-0.1, -0.05) is 0 Å². The largest absolute Gasteiger partial charge is 0.306 e. The number of carbonyl (C=O) groups excluding carboxylic acids is 1. The zero-order valence-corrected chi connectivity index (χ0v) is 8.15. The molecule has 2 rings (SSSR count). The van der Waals surface area contributed by atoms with E-state index in [4.69, 9.17) is 0 Å². The number of pyridine rings is 1. The number of hydrogen-bond donors (Lipinski definition) is 1. The third kappa shape index (κ3) is 2.07. The quantitative estimate of drug-likeness (QED) is 0.768. The van der Waals surface area contributed by atoms with E-state index in [2.05, 4.69) is 15.0 Å². The standard InChI is InChI=1S/C10H9N3O2/c1-6(14)4-8-11-5-7-2-3-9(15)13-10(7)12-8/h2-3,5H,4H2,1H3,(H,11,12,13,15). The zero-order chi connectivity index (χ0) is 10.8. The third-order valence-corrected chi connectivity index (χ3v) is 1.93. The van der Waals surface area contributed by atoms with Gasteiger partial charge in [-0.25, -0.2) is 9.97 Å². The average Bonchev–Trinajstić information content (AvgIpc) is 2.16. The van der Waals surface area contributed by atoms with Crippen molar-refractivity contribution < 1.29 is 4.79 Å². The average molecular weight is 203 g/mol. The van der Waals surface area contributed by atoms with Gasteiger partial charge in [-0.2, -0.15) is 0 Å². The van der Waals surface area contributed by atoms with E-state index in [1.165, 1.54) is 13.0 Å². The summed E-state index contributed by atoms with van der Waals surface area (Å²) in [6.07, 6.45) is 1.78. The summed E-state index contributed by atoms with van der Waals surface area (Å²) in [4.78, 5) is 32.6. The first-order valence-corrected chi connectivity index (χ1v) is 4.49. The first kappa shape index (κ1) is 9.51. The van der Waals surface area contributed by atoms with Crippen molar-refractivity contribution >= 4 is 16.8 Å². The second-order valence-corrected chi connectivity index (χ2v) is 3.29. The monoisotopic (exact) mass is 203 g/mol. The van der Waals surface area contributed by atoms with Crippen LogP contribution in [0.3, 0.4) is 0 Å². The number of hydrogen-bond acceptors (Lipinski definition) is 4. The summed E-state index contributed by atoms with van der Waals surface area (Å²) in [6.45, 7) is 1.47. The van der Waals surface area contributed by atoms with Crippen molar-refractivity contribution in [2.75, 3.05) is 0 Å². The fourth-order valence-corrected chi connectivity index (χ4v) is 1.28. The van der Waals surface area contributed by atoms with Crippen LogP contribution in [0.4, 0.5) is 0 Å². The van der Waals surface area contributed by atoms with Crippen LogP contribution >= 0.6 is 0 Å². The molecule has 5 nitrogen and oxygen atoms in total. The summed E-state index contributed by atoms with van der Waals surface area (Å²) >= 11 is 0. The highest BCUT2D eigenvalue weighted by atomic mass is 16.1. The lowest BCUT2D eigenvalue weighted by molar-refractivity contribution is -0.116. The molecule has 15 heavy (non-hydrogen) atoms. The van der Waals surface area contributed by atoms with Crippen LogP contribution in [-0.4, -0.2) is 20.7 Å². The molecule has 2 aromatic heterocycles. The Kier molecular flexibility index (Phi) is 2.29. The van der Waals surface area contributed by atoms with Crippen molar-refractivity contribution in [3.63, 3.8) is 0 Å². The predicted octanol–water partition coefficient (Wildman–Crippen LogP) is 0.450. The van der Waals surface area contributed by atoms with Gasteiger partial charge in [0.1, 0.15) is 17.3 Å². The van der Waals surface area contributed by atoms with Gasteiger partial charge in [-0.3, -0.25) is 9.59 Å². The molecule has 0 bridgehead atoms. The molecule has 0 spiro atoms. The van der Waals surface area contributed by atoms with E-state index < -0.39 is 0 Å². The van der Waals surface area contributed by atoms with E-state index in [0.717, 1.165) is 5.39 Å². The number of fused-ring (bicyclic) bond motifs is 1. The van der Waals surface area contributed by atoms with Gasteiger partial charge in [0.05, 0.1) is 6.42 Å². The Morgan fingerprint density at radius 3 is 3.00 bits per heavy atom. The van der Waals surface area contributed by atoms with Crippen LogP contribution in [0.2, 0.25) is 0 Å². The normalized spacial score (nSPS) is 10.5. The lowest BCUT2D eigenvalue weighted by Gasteiger charge is -1.98. The van der Waals surface area contributed by atoms with Gasteiger partial charge < -0.3 is 4.98 Å². The number of aromatic amines is 1. The van der Waals surface area contributed by atoms with E-state index >= 15 is 0 Å². The van der Waals surface area contributed by atoms with Crippen LogP contribution in [0.5, 0.6) is 0 Å². The number of nitrogens with zero attached hydrogens (tertiary/aromatic N) is 2. The molecule has 76 valence electrons. The molecule has 0 atom stereocenters. The van der Waals surface area contributed by atoms with Gasteiger partial charge in [0, 0.05) is 17.6 Å². The zero-order valence-electron chi connectivity index (χ0n) is 8.15. The highest BCUT2D eigenvalue weighted by Crippen LogP contribution is 2.05. The van der Waals surface area contributed by atoms with Gasteiger partial charge in [-0.05, 0) is 13.0 Å². The maximum atomic E-state index is 11.0. The SMILES string of the molecule is CC(=O)Cc1ncc2ccc(=O)[nH]c2n1. The lowest BCUT2D eigenvalue weighted by Crippen LogP contribution is -2.07. The summed E-state index contributed by atoms with van der Waals surface area (Å²) in [5.41, 5.74) is 0.253. The van der Waals surface area contributed by atoms with Crippen molar-refractivity contribution in [3.05, 3.63) is 34.5 Å². The first-order valence-electron chi connectivity index (χ1n) is 4.49. The van der Waals surface area contributed by atoms with E-state index in [1.807, 2.05) is 0 Å². The van der Waals surface area contributed by atoms with Crippen molar-refractivity contribution in [1.82, 2.24) is 15.0 Å². The van der Waals surface area contributed by atoms with E-state index in [1.54, 1.807) is 12.3 Å². The third-order valence-electron chi connectivity index (χ3n) is 1.93. The first-order chi connectivity index (χ1) is 7.15. The van der Waals surface area contributed by atoms with Gasteiger partial charge >= 0.3 is 0 Å². The molecule has 5 heteroatoms. The van der Waals surface area contributed by atoms with Crippen LogP contribution in [0.1, 0.15) is 12.7 Å². The molecule has 0 amide bonds. The minimum Gasteiger partial charge on any atom is -0.306 e. The fourth-order valence-electron chi connectivity index (χ4n) is 1.28. The summed E-state index contributed by atoms with van der Waals surface area (Å²) < 4.78 is 0. The molecule has 0 radical (unpaired) electrons. The van der Waals surface area contributed by atoms with Crippen LogP contribution < -0.4 is 5.56 Å². The predicted molar refractivity (Wildman–Crippen MR) is 54.5 cm³/mol. The van der Waals surface area contributed by atoms with Crippen molar-refractivity contribution in [3.8, 4) is 0 Å². The Labute approximate surface area is 85.2 Å². The highest BCUT2D eigenvalue weighted by molar-refractivity contribution is 5.78. The lowest BCUT2D eigenvalue weighted by atomic mass is 10.3. The summed E-state index contributed by atoms with van der Waals surface area (Å²) in [5.74, 6) is 0.421. The molecule has 0 saturated heterocycles. The van der Waals surface area contributed by atoms with E-state index in [0.29, 0.717) is 11.5 Å². The molecule has 0 fully saturated rings.